The summed E-state index contributed by atoms with van der Waals surface area (Å²) in [6, 6.07) is 12.0. The van der Waals surface area contributed by atoms with Crippen LogP contribution in [-0.2, 0) is 44.4 Å². The zero-order valence-electron chi connectivity index (χ0n) is 23.7. The summed E-state index contributed by atoms with van der Waals surface area (Å²) in [5, 5.41) is 6.85. The van der Waals surface area contributed by atoms with Crippen molar-refractivity contribution in [2.45, 2.75) is 49.7 Å². The number of nitrogens with one attached hydrogen (secondary N) is 2. The number of carbonyl (C=O) groups is 2. The maximum atomic E-state index is 14.3. The van der Waals surface area contributed by atoms with Crippen LogP contribution >= 0.6 is 11.6 Å². The van der Waals surface area contributed by atoms with Crippen LogP contribution in [0.4, 0.5) is 10.1 Å². The fraction of sp³-hybridized carbons (Fsp3) is 0.387. The number of fused-ring (bicyclic) bond motifs is 3. The standard InChI is InChI=1S/C31H33ClFN5O4S/c1-43(41,42)38-19-31(25-16-24(33)6-7-28(25)38)9-12-37(13-10-31)30(40)27(14-20-2-4-23(32)5-3-20)36-29(39)26-15-22-17-34-11-8-21(22)18-35-26/h2-8,11,16-17,26-27,35H,9-10,12-15,18-19H2,1H3,(H,36,39). The molecule has 43 heavy (non-hydrogen) atoms. The zero-order chi connectivity index (χ0) is 30.4. The number of benzene rings is 2. The molecule has 2 N–H and O–H groups in total. The van der Waals surface area contributed by atoms with E-state index >= 15 is 0 Å². The summed E-state index contributed by atoms with van der Waals surface area (Å²) >= 11 is 6.08. The smallest absolute Gasteiger partial charge is 0.245 e. The van der Waals surface area contributed by atoms with Crippen molar-refractivity contribution in [1.82, 2.24) is 20.5 Å². The van der Waals surface area contributed by atoms with E-state index < -0.39 is 33.3 Å². The Labute approximate surface area is 255 Å². The molecule has 3 aliphatic rings. The summed E-state index contributed by atoms with van der Waals surface area (Å²) in [6.45, 7) is 1.44. The predicted molar refractivity (Wildman–Crippen MR) is 162 cm³/mol. The number of carbonyl (C=O) groups excluding carboxylic acids is 2. The average molecular weight is 626 g/mol. The van der Waals surface area contributed by atoms with Gasteiger partial charge in [-0.05, 0) is 77.9 Å². The van der Waals surface area contributed by atoms with Gasteiger partial charge in [-0.2, -0.15) is 0 Å². The maximum absolute atomic E-state index is 14.3. The third-order valence-electron chi connectivity index (χ3n) is 8.93. The van der Waals surface area contributed by atoms with Gasteiger partial charge in [-0.25, -0.2) is 12.8 Å². The molecule has 2 unspecified atom stereocenters. The lowest BCUT2D eigenvalue weighted by Crippen LogP contribution is -2.57. The van der Waals surface area contributed by atoms with Gasteiger partial charge in [-0.3, -0.25) is 18.9 Å². The fourth-order valence-electron chi connectivity index (χ4n) is 6.55. The minimum absolute atomic E-state index is 0.210. The molecule has 12 heteroatoms. The van der Waals surface area contributed by atoms with E-state index in [9.17, 15) is 22.4 Å². The van der Waals surface area contributed by atoms with Crippen LogP contribution < -0.4 is 14.9 Å². The lowest BCUT2D eigenvalue weighted by atomic mass is 9.74. The van der Waals surface area contributed by atoms with E-state index in [0.29, 0.717) is 55.2 Å². The first-order valence-corrected chi connectivity index (χ1v) is 16.5. The molecular formula is C31H33ClFN5O4S. The van der Waals surface area contributed by atoms with Gasteiger partial charge in [0.1, 0.15) is 11.9 Å². The third kappa shape index (κ3) is 5.98. The van der Waals surface area contributed by atoms with E-state index in [2.05, 4.69) is 15.6 Å². The molecule has 6 rings (SSSR count). The van der Waals surface area contributed by atoms with Gasteiger partial charge >= 0.3 is 0 Å². The zero-order valence-corrected chi connectivity index (χ0v) is 25.3. The van der Waals surface area contributed by atoms with Crippen molar-refractivity contribution in [3.8, 4) is 0 Å². The molecule has 1 aromatic heterocycles. The van der Waals surface area contributed by atoms with Crippen LogP contribution in [0.1, 0.15) is 35.1 Å². The van der Waals surface area contributed by atoms with Crippen LogP contribution in [0.25, 0.3) is 0 Å². The summed E-state index contributed by atoms with van der Waals surface area (Å²) in [4.78, 5) is 33.4. The Morgan fingerprint density at radius 3 is 2.60 bits per heavy atom. The number of halogens is 2. The molecule has 1 fully saturated rings. The molecule has 3 aliphatic heterocycles. The maximum Gasteiger partial charge on any atom is 0.245 e. The Balaban J connectivity index is 1.20. The van der Waals surface area contributed by atoms with Gasteiger partial charge in [0.05, 0.1) is 18.0 Å². The van der Waals surface area contributed by atoms with Crippen molar-refractivity contribution in [2.75, 3.05) is 30.2 Å². The fourth-order valence-corrected chi connectivity index (χ4v) is 7.67. The van der Waals surface area contributed by atoms with Crippen molar-refractivity contribution in [1.29, 1.82) is 0 Å². The molecule has 1 spiro atoms. The van der Waals surface area contributed by atoms with Crippen molar-refractivity contribution >= 4 is 39.1 Å². The van der Waals surface area contributed by atoms with Crippen molar-refractivity contribution in [3.63, 3.8) is 0 Å². The van der Waals surface area contributed by atoms with Gasteiger partial charge in [0, 0.05) is 55.4 Å². The minimum Gasteiger partial charge on any atom is -0.343 e. The Morgan fingerprint density at radius 2 is 1.88 bits per heavy atom. The summed E-state index contributed by atoms with van der Waals surface area (Å²) in [5.74, 6) is -0.903. The van der Waals surface area contributed by atoms with E-state index in [0.717, 1.165) is 22.9 Å². The minimum atomic E-state index is -3.56. The molecular weight excluding hydrogens is 593 g/mol. The van der Waals surface area contributed by atoms with Crippen LogP contribution in [0, 0.1) is 5.82 Å². The Morgan fingerprint density at radius 1 is 1.14 bits per heavy atom. The second-order valence-electron chi connectivity index (χ2n) is 11.7. The topological polar surface area (TPSA) is 112 Å². The Hall–Kier alpha value is -3.54. The first-order chi connectivity index (χ1) is 20.5. The molecule has 9 nitrogen and oxygen atoms in total. The Kier molecular flexibility index (Phi) is 7.91. The number of anilines is 1. The molecule has 0 radical (unpaired) electrons. The van der Waals surface area contributed by atoms with Crippen LogP contribution in [-0.4, -0.2) is 68.1 Å². The van der Waals surface area contributed by atoms with Crippen molar-refractivity contribution in [3.05, 3.63) is 94.0 Å². The average Bonchev–Trinajstić information content (AvgIpc) is 3.31. The summed E-state index contributed by atoms with van der Waals surface area (Å²) in [6.07, 6.45) is 6.34. The number of aromatic nitrogens is 1. The van der Waals surface area contributed by atoms with Crippen molar-refractivity contribution in [2.24, 2.45) is 0 Å². The van der Waals surface area contributed by atoms with E-state index in [1.807, 2.05) is 18.2 Å². The van der Waals surface area contributed by atoms with Crippen LogP contribution in [0.15, 0.2) is 60.9 Å². The van der Waals surface area contributed by atoms with E-state index in [1.54, 1.807) is 29.4 Å². The van der Waals surface area contributed by atoms with Crippen molar-refractivity contribution < 1.29 is 22.4 Å². The SMILES string of the molecule is CS(=O)(=O)N1CC2(CCN(C(=O)C(Cc3ccc(Cl)cc3)NC(=O)C3Cc4cnccc4CN3)CC2)c2cc(F)ccc21. The monoisotopic (exact) mass is 625 g/mol. The molecule has 0 bridgehead atoms. The first-order valence-electron chi connectivity index (χ1n) is 14.3. The Bertz CT molecular complexity index is 1660. The highest BCUT2D eigenvalue weighted by molar-refractivity contribution is 7.92. The van der Waals surface area contributed by atoms with Gasteiger partial charge < -0.3 is 15.5 Å². The molecule has 0 saturated carbocycles. The summed E-state index contributed by atoms with van der Waals surface area (Å²) in [7, 11) is -3.56. The number of piperidine rings is 1. The molecule has 1 saturated heterocycles. The van der Waals surface area contributed by atoms with Crippen LogP contribution in [0.5, 0.6) is 0 Å². The number of hydrogen-bond acceptors (Lipinski definition) is 6. The lowest BCUT2D eigenvalue weighted by molar-refractivity contribution is -0.138. The van der Waals surface area contributed by atoms with Gasteiger partial charge in [-0.1, -0.05) is 23.7 Å². The number of pyridine rings is 1. The second-order valence-corrected chi connectivity index (χ2v) is 14.1. The van der Waals surface area contributed by atoms with Gasteiger partial charge in [0.25, 0.3) is 0 Å². The van der Waals surface area contributed by atoms with E-state index in [-0.39, 0.29) is 24.8 Å². The normalized spacial score (nSPS) is 19.9. The molecule has 4 heterocycles. The molecule has 2 atom stereocenters. The highest BCUT2D eigenvalue weighted by Gasteiger charge is 2.48. The molecule has 3 aromatic rings. The van der Waals surface area contributed by atoms with E-state index in [4.69, 9.17) is 11.6 Å². The molecule has 0 aliphatic carbocycles. The third-order valence-corrected chi connectivity index (χ3v) is 10.3. The number of amides is 2. The summed E-state index contributed by atoms with van der Waals surface area (Å²) < 4.78 is 40.8. The second kappa shape index (κ2) is 11.5. The van der Waals surface area contributed by atoms with E-state index in [1.165, 1.54) is 22.5 Å². The molecule has 2 aromatic carbocycles. The lowest BCUT2D eigenvalue weighted by Gasteiger charge is -2.41. The number of rotatable bonds is 6. The molecule has 2 amide bonds. The highest BCUT2D eigenvalue weighted by Crippen LogP contribution is 2.48. The van der Waals surface area contributed by atoms with Gasteiger partial charge in [0.2, 0.25) is 21.8 Å². The number of likely N-dealkylation sites (tertiary alicyclic amines) is 1. The van der Waals surface area contributed by atoms with Gasteiger partial charge in [0.15, 0.2) is 0 Å². The predicted octanol–water partition coefficient (Wildman–Crippen LogP) is 2.96. The number of hydrogen-bond donors (Lipinski definition) is 2. The largest absolute Gasteiger partial charge is 0.343 e. The number of sulfonamides is 1. The van der Waals surface area contributed by atoms with Gasteiger partial charge in [-0.15, -0.1) is 0 Å². The highest BCUT2D eigenvalue weighted by atomic mass is 35.5. The first kappa shape index (κ1) is 29.5. The quantitative estimate of drug-likeness (QED) is 0.436. The number of nitrogens with zero attached hydrogens (tertiary/aromatic N) is 3. The summed E-state index contributed by atoms with van der Waals surface area (Å²) in [5.41, 5.74) is 3.51. The van der Waals surface area contributed by atoms with Crippen LogP contribution in [0.2, 0.25) is 5.02 Å². The molecule has 226 valence electrons. The van der Waals surface area contributed by atoms with Crippen LogP contribution in [0.3, 0.4) is 0 Å².